The molecule has 418 valence electrons. The molecule has 7 heteroatoms. The summed E-state index contributed by atoms with van der Waals surface area (Å²) in [5, 5.41) is 19.7. The summed E-state index contributed by atoms with van der Waals surface area (Å²) in [6.45, 7) is 0. The Morgan fingerprint density at radius 3 is 0.956 bits per heavy atom. The molecule has 0 unspecified atom stereocenters. The van der Waals surface area contributed by atoms with Crippen LogP contribution in [-0.2, 0) is 0 Å². The zero-order valence-corrected chi connectivity index (χ0v) is 48.6. The molecule has 0 fully saturated rings. The van der Waals surface area contributed by atoms with Crippen LogP contribution in [0.25, 0.3) is 166 Å². The van der Waals surface area contributed by atoms with Crippen LogP contribution in [0.4, 0.5) is 0 Å². The third-order valence-electron chi connectivity index (χ3n) is 18.2. The highest BCUT2D eigenvalue weighted by Gasteiger charge is 2.21. The van der Waals surface area contributed by atoms with Crippen LogP contribution in [0.2, 0.25) is 0 Å². The van der Waals surface area contributed by atoms with Gasteiger partial charge in [-0.1, -0.05) is 158 Å². The third kappa shape index (κ3) is 8.13. The highest BCUT2D eigenvalue weighted by atomic mass is 15.0. The highest BCUT2D eigenvalue weighted by molar-refractivity contribution is 6.15. The molecule has 13 aromatic carbocycles. The second-order valence-corrected chi connectivity index (χ2v) is 23.3. The van der Waals surface area contributed by atoms with Crippen LogP contribution in [0, 0.1) is 11.3 Å². The van der Waals surface area contributed by atoms with Crippen molar-refractivity contribution in [3.05, 3.63) is 315 Å². The number of para-hydroxylation sites is 6. The van der Waals surface area contributed by atoms with E-state index in [-0.39, 0.29) is 0 Å². The van der Waals surface area contributed by atoms with Crippen molar-refractivity contribution < 1.29 is 0 Å². The molecule has 0 atom stereocenters. The van der Waals surface area contributed by atoms with E-state index in [2.05, 4.69) is 303 Å². The minimum Gasteiger partial charge on any atom is -0.309 e. The lowest BCUT2D eigenvalue weighted by atomic mass is 10.0. The zero-order valence-electron chi connectivity index (χ0n) is 48.6. The molecule has 5 heterocycles. The van der Waals surface area contributed by atoms with E-state index in [4.69, 9.17) is 9.97 Å². The van der Waals surface area contributed by atoms with Crippen molar-refractivity contribution in [2.75, 3.05) is 0 Å². The van der Waals surface area contributed by atoms with Crippen molar-refractivity contribution in [2.45, 2.75) is 0 Å². The number of hydrogen-bond donors (Lipinski definition) is 0. The van der Waals surface area contributed by atoms with E-state index in [1.807, 2.05) is 30.3 Å². The Balaban J connectivity index is 0.713. The van der Waals surface area contributed by atoms with Crippen molar-refractivity contribution in [2.24, 2.45) is 0 Å². The second kappa shape index (κ2) is 20.4. The van der Waals surface area contributed by atoms with Crippen molar-refractivity contribution in [3.63, 3.8) is 0 Å². The first-order valence-electron chi connectivity index (χ1n) is 30.4. The fourth-order valence-corrected chi connectivity index (χ4v) is 14.1. The lowest BCUT2D eigenvalue weighted by molar-refractivity contribution is 1.16. The van der Waals surface area contributed by atoms with Gasteiger partial charge in [0, 0.05) is 82.5 Å². The maximum absolute atomic E-state index is 10.0. The van der Waals surface area contributed by atoms with Gasteiger partial charge in [-0.2, -0.15) is 5.26 Å². The SMILES string of the molecule is N#Cc1cccc(-c2cc(-c3cccc(-n4c5ccccc5c5cc(-c6ccc7c(c6)c6ccccc6n7-c6ccccc6)ccc54)c3)nc(-c3ccc(-n4c5ccccc5c5cc(-c6ccc7c(c6)c6ccccc6n7-c6ccccc6)ccc54)cc3)n2)c1. The quantitative estimate of drug-likeness (QED) is 0.145. The molecule has 0 aliphatic rings. The fourth-order valence-electron chi connectivity index (χ4n) is 14.1. The van der Waals surface area contributed by atoms with Crippen LogP contribution in [0.1, 0.15) is 5.56 Å². The Morgan fingerprint density at radius 2 is 0.544 bits per heavy atom. The molecule has 0 bridgehead atoms. The van der Waals surface area contributed by atoms with E-state index in [9.17, 15) is 5.26 Å². The largest absolute Gasteiger partial charge is 0.309 e. The summed E-state index contributed by atoms with van der Waals surface area (Å²) in [5.41, 5.74) is 23.0. The molecule has 18 aromatic rings. The molecule has 0 radical (unpaired) electrons. The number of nitriles is 1. The van der Waals surface area contributed by atoms with Gasteiger partial charge in [-0.05, 0) is 174 Å². The maximum Gasteiger partial charge on any atom is 0.160 e. The van der Waals surface area contributed by atoms with E-state index >= 15 is 0 Å². The molecule has 0 N–H and O–H groups in total. The van der Waals surface area contributed by atoms with E-state index in [0.717, 1.165) is 84.0 Å². The first-order chi connectivity index (χ1) is 44.6. The van der Waals surface area contributed by atoms with Crippen molar-refractivity contribution in [3.8, 4) is 85.0 Å². The van der Waals surface area contributed by atoms with E-state index in [0.29, 0.717) is 11.4 Å². The van der Waals surface area contributed by atoms with Crippen LogP contribution in [0.3, 0.4) is 0 Å². The van der Waals surface area contributed by atoms with Crippen LogP contribution >= 0.6 is 0 Å². The molecular formula is C83H51N7. The van der Waals surface area contributed by atoms with Gasteiger partial charge in [0.25, 0.3) is 0 Å². The highest BCUT2D eigenvalue weighted by Crippen LogP contribution is 2.42. The number of fused-ring (bicyclic) bond motifs is 12. The normalized spacial score (nSPS) is 11.8. The lowest BCUT2D eigenvalue weighted by Gasteiger charge is -2.13. The van der Waals surface area contributed by atoms with E-state index < -0.39 is 0 Å². The van der Waals surface area contributed by atoms with Gasteiger partial charge in [-0.25, -0.2) is 9.97 Å². The predicted octanol–water partition coefficient (Wildman–Crippen LogP) is 21.1. The molecule has 0 aliphatic heterocycles. The summed E-state index contributed by atoms with van der Waals surface area (Å²) >= 11 is 0. The molecule has 90 heavy (non-hydrogen) atoms. The molecule has 7 nitrogen and oxygen atoms in total. The lowest BCUT2D eigenvalue weighted by Crippen LogP contribution is -1.98. The molecule has 0 saturated carbocycles. The van der Waals surface area contributed by atoms with Crippen molar-refractivity contribution >= 4 is 87.2 Å². The topological polar surface area (TPSA) is 69.3 Å². The van der Waals surface area contributed by atoms with Crippen molar-refractivity contribution in [1.82, 2.24) is 28.2 Å². The summed E-state index contributed by atoms with van der Waals surface area (Å²) in [7, 11) is 0. The minimum absolute atomic E-state index is 0.567. The van der Waals surface area contributed by atoms with Gasteiger partial charge in [0.15, 0.2) is 5.82 Å². The smallest absolute Gasteiger partial charge is 0.160 e. The standard InChI is InChI=1S/C83H51N7/c84-52-53-17-15-18-59(45-53)73-51-74(60-19-16-24-64(46-60)90-78-32-14-10-28-68(78)72-50-58(38-44-82(72)90)56-36-42-80-70(48-56)66-26-8-12-30-76(66)88(80)62-22-5-2-6-23-62)86-83(85-73)54-33-39-63(40-34-54)89-77-31-13-9-27-67(77)71-49-57(37-43-81(71)89)55-35-41-79-69(47-55)65-25-7-11-29-75(65)87(79)61-20-3-1-4-21-61/h1-51H. The Morgan fingerprint density at radius 1 is 0.222 bits per heavy atom. The summed E-state index contributed by atoms with van der Waals surface area (Å²) in [4.78, 5) is 10.6. The maximum atomic E-state index is 10.0. The summed E-state index contributed by atoms with van der Waals surface area (Å²) < 4.78 is 9.46. The first-order valence-corrected chi connectivity index (χ1v) is 30.4. The molecule has 0 spiro atoms. The number of aromatic nitrogens is 6. The number of nitrogens with zero attached hydrogens (tertiary/aromatic N) is 7. The van der Waals surface area contributed by atoms with Crippen LogP contribution in [-0.4, -0.2) is 28.2 Å². The van der Waals surface area contributed by atoms with Crippen LogP contribution in [0.15, 0.2) is 309 Å². The third-order valence-corrected chi connectivity index (χ3v) is 18.2. The van der Waals surface area contributed by atoms with Gasteiger partial charge in [0.2, 0.25) is 0 Å². The number of hydrogen-bond acceptors (Lipinski definition) is 3. The number of benzene rings is 13. The van der Waals surface area contributed by atoms with Crippen LogP contribution in [0.5, 0.6) is 0 Å². The molecular weight excluding hydrogens is 1090 g/mol. The summed E-state index contributed by atoms with van der Waals surface area (Å²) in [6, 6.07) is 113. The van der Waals surface area contributed by atoms with Gasteiger partial charge < -0.3 is 18.3 Å². The van der Waals surface area contributed by atoms with Gasteiger partial charge in [-0.3, -0.25) is 0 Å². The van der Waals surface area contributed by atoms with Crippen LogP contribution < -0.4 is 0 Å². The molecule has 0 saturated heterocycles. The van der Waals surface area contributed by atoms with Gasteiger partial charge in [-0.15, -0.1) is 0 Å². The van der Waals surface area contributed by atoms with E-state index in [1.165, 1.54) is 76.3 Å². The predicted molar refractivity (Wildman–Crippen MR) is 371 cm³/mol. The molecule has 0 aliphatic carbocycles. The first kappa shape index (κ1) is 50.9. The average Bonchev–Trinajstić information content (AvgIpc) is 1.73. The Kier molecular flexibility index (Phi) is 11.5. The van der Waals surface area contributed by atoms with Gasteiger partial charge in [0.05, 0.1) is 67.2 Å². The monoisotopic (exact) mass is 1150 g/mol. The molecule has 18 rings (SSSR count). The summed E-state index contributed by atoms with van der Waals surface area (Å²) in [6.07, 6.45) is 0. The Hall–Kier alpha value is -12.4. The fraction of sp³-hybridized carbons (Fsp3) is 0. The van der Waals surface area contributed by atoms with Crippen molar-refractivity contribution in [1.29, 1.82) is 5.26 Å². The van der Waals surface area contributed by atoms with Gasteiger partial charge >= 0.3 is 0 Å². The Labute approximate surface area is 517 Å². The summed E-state index contributed by atoms with van der Waals surface area (Å²) in [5.74, 6) is 0.588. The zero-order chi connectivity index (χ0) is 59.4. The second-order valence-electron chi connectivity index (χ2n) is 23.3. The molecule has 5 aromatic heterocycles. The van der Waals surface area contributed by atoms with Gasteiger partial charge in [0.1, 0.15) is 0 Å². The van der Waals surface area contributed by atoms with E-state index in [1.54, 1.807) is 0 Å². The average molecular weight is 1150 g/mol. The number of rotatable bonds is 9. The molecule has 0 amide bonds. The Bertz CT molecular complexity index is 5980. The minimum atomic E-state index is 0.567.